The Balaban J connectivity index is 1.46. The largest absolute Gasteiger partial charge is 0.289 e. The number of fused-ring (bicyclic) bond motifs is 6. The smallest absolute Gasteiger partial charge is 0.194 e. The number of benzene rings is 3. The maximum absolute atomic E-state index is 14.4. The van der Waals surface area contributed by atoms with Gasteiger partial charge in [-0.2, -0.15) is 0 Å². The van der Waals surface area contributed by atoms with Gasteiger partial charge in [0.25, 0.3) is 0 Å². The van der Waals surface area contributed by atoms with Gasteiger partial charge in [0.15, 0.2) is 10.9 Å². The van der Waals surface area contributed by atoms with Gasteiger partial charge in [0.2, 0.25) is 0 Å². The number of aryl methyl sites for hydroxylation is 2. The number of hydrogen-bond acceptors (Lipinski definition) is 2. The molecule has 2 nitrogen and oxygen atoms in total. The van der Waals surface area contributed by atoms with Crippen LogP contribution in [0.15, 0.2) is 54.9 Å². The normalized spacial score (nSPS) is 12.1. The van der Waals surface area contributed by atoms with Crippen LogP contribution in [0.25, 0.3) is 43.1 Å². The van der Waals surface area contributed by atoms with Crippen LogP contribution in [0.3, 0.4) is 0 Å². The van der Waals surface area contributed by atoms with E-state index < -0.39 is 0 Å². The molecule has 0 amide bonds. The molecule has 0 bridgehead atoms. The van der Waals surface area contributed by atoms with Crippen LogP contribution in [0.5, 0.6) is 0 Å². The minimum absolute atomic E-state index is 0.133. The summed E-state index contributed by atoms with van der Waals surface area (Å²) in [7, 11) is 0. The Labute approximate surface area is 305 Å². The van der Waals surface area contributed by atoms with Crippen molar-refractivity contribution in [2.24, 2.45) is 0 Å². The molecule has 0 aliphatic carbocycles. The van der Waals surface area contributed by atoms with Crippen molar-refractivity contribution in [2.45, 2.75) is 155 Å². The average Bonchev–Trinajstić information content (AvgIpc) is 3.53. The van der Waals surface area contributed by atoms with Gasteiger partial charge in [0.1, 0.15) is 0 Å². The standard InChI is InChI=1S/C44H56Br2O2/c1-3-5-7-9-11-13-15-17-19-21-23-35-39-33-27-25-31(45)29-37(33)44(48)42(39)36(24-22-20-18-16-14-12-10-8-6-4-2)40-34-28-26-32(46)30-38(34)43(47)41(35)40/h25-30H,3-24H2,1-2H3. The molecule has 5 aromatic rings. The van der Waals surface area contributed by atoms with Gasteiger partial charge in [0.05, 0.1) is 0 Å². The third-order valence-electron chi connectivity index (χ3n) is 10.7. The number of hydrogen-bond donors (Lipinski definition) is 0. The van der Waals surface area contributed by atoms with Gasteiger partial charge in [-0.25, -0.2) is 0 Å². The Morgan fingerprint density at radius 2 is 0.708 bits per heavy atom. The first-order valence-electron chi connectivity index (χ1n) is 19.4. The van der Waals surface area contributed by atoms with E-state index in [1.54, 1.807) is 0 Å². The molecule has 0 fully saturated rings. The Morgan fingerprint density at radius 3 is 1.04 bits per heavy atom. The molecule has 0 radical (unpaired) electrons. The summed E-state index contributed by atoms with van der Waals surface area (Å²) in [6.45, 7) is 4.55. The van der Waals surface area contributed by atoms with E-state index in [9.17, 15) is 9.59 Å². The summed E-state index contributed by atoms with van der Waals surface area (Å²) in [6, 6.07) is 12.3. The lowest BCUT2D eigenvalue weighted by molar-refractivity contribution is 0.556. The molecule has 258 valence electrons. The monoisotopic (exact) mass is 774 g/mol. The molecule has 0 spiro atoms. The van der Waals surface area contributed by atoms with Crippen molar-refractivity contribution >= 4 is 74.9 Å². The molecule has 0 saturated carbocycles. The molecular weight excluding hydrogens is 720 g/mol. The van der Waals surface area contributed by atoms with Crippen LogP contribution in [-0.2, 0) is 12.8 Å². The van der Waals surface area contributed by atoms with Crippen molar-refractivity contribution in [3.8, 4) is 0 Å². The summed E-state index contributed by atoms with van der Waals surface area (Å²) in [5, 5.41) is 7.45. The minimum atomic E-state index is 0.133. The van der Waals surface area contributed by atoms with E-state index in [0.29, 0.717) is 0 Å². The molecule has 0 atom stereocenters. The summed E-state index contributed by atoms with van der Waals surface area (Å²) in [4.78, 5) is 28.7. The molecule has 0 heterocycles. The van der Waals surface area contributed by atoms with Crippen LogP contribution < -0.4 is 10.9 Å². The Hall–Kier alpha value is -2.04. The van der Waals surface area contributed by atoms with Gasteiger partial charge >= 0.3 is 0 Å². The lowest BCUT2D eigenvalue weighted by atomic mass is 9.89. The molecule has 0 unspecified atom stereocenters. The molecule has 0 aliphatic heterocycles. The average molecular weight is 777 g/mol. The molecule has 0 aromatic heterocycles. The zero-order valence-corrected chi connectivity index (χ0v) is 32.8. The predicted octanol–water partition coefficient (Wildman–Crippen LogP) is 14.3. The second kappa shape index (κ2) is 18.8. The van der Waals surface area contributed by atoms with Crippen molar-refractivity contribution < 1.29 is 0 Å². The van der Waals surface area contributed by atoms with Crippen LogP contribution in [0.2, 0.25) is 0 Å². The van der Waals surface area contributed by atoms with E-state index >= 15 is 0 Å². The van der Waals surface area contributed by atoms with Gasteiger partial charge < -0.3 is 0 Å². The minimum Gasteiger partial charge on any atom is -0.289 e. The third-order valence-corrected chi connectivity index (χ3v) is 11.7. The van der Waals surface area contributed by atoms with Crippen molar-refractivity contribution in [3.05, 3.63) is 76.9 Å². The second-order valence-electron chi connectivity index (χ2n) is 14.4. The maximum atomic E-state index is 14.4. The summed E-state index contributed by atoms with van der Waals surface area (Å²) in [5.41, 5.74) is 2.48. The lowest BCUT2D eigenvalue weighted by Gasteiger charge is -2.13. The van der Waals surface area contributed by atoms with E-state index in [0.717, 1.165) is 102 Å². The summed E-state index contributed by atoms with van der Waals surface area (Å²) in [5.74, 6) is 0. The van der Waals surface area contributed by atoms with Crippen molar-refractivity contribution in [3.63, 3.8) is 0 Å². The topological polar surface area (TPSA) is 34.1 Å². The highest BCUT2D eigenvalue weighted by atomic mass is 79.9. The number of rotatable bonds is 22. The maximum Gasteiger partial charge on any atom is 0.194 e. The first-order chi connectivity index (χ1) is 23.5. The molecular formula is C44H56Br2O2. The van der Waals surface area contributed by atoms with Crippen LogP contribution in [-0.4, -0.2) is 0 Å². The van der Waals surface area contributed by atoms with E-state index in [-0.39, 0.29) is 10.9 Å². The molecule has 48 heavy (non-hydrogen) atoms. The van der Waals surface area contributed by atoms with E-state index in [2.05, 4.69) is 57.8 Å². The molecule has 5 rings (SSSR count). The zero-order chi connectivity index (χ0) is 33.9. The van der Waals surface area contributed by atoms with Crippen LogP contribution in [0, 0.1) is 0 Å². The predicted molar refractivity (Wildman–Crippen MR) is 218 cm³/mol. The fourth-order valence-corrected chi connectivity index (χ4v) is 8.86. The van der Waals surface area contributed by atoms with Gasteiger partial charge in [0, 0.05) is 30.5 Å². The highest BCUT2D eigenvalue weighted by Gasteiger charge is 2.26. The molecule has 0 aliphatic rings. The Bertz CT molecular complexity index is 1740. The highest BCUT2D eigenvalue weighted by Crippen LogP contribution is 2.41. The van der Waals surface area contributed by atoms with Crippen LogP contribution in [0.4, 0.5) is 0 Å². The van der Waals surface area contributed by atoms with E-state index in [4.69, 9.17) is 0 Å². The fourth-order valence-electron chi connectivity index (χ4n) is 8.14. The zero-order valence-electron chi connectivity index (χ0n) is 29.6. The van der Waals surface area contributed by atoms with Crippen LogP contribution >= 0.6 is 31.9 Å². The highest BCUT2D eigenvalue weighted by molar-refractivity contribution is 9.10. The van der Waals surface area contributed by atoms with Gasteiger partial charge in [-0.1, -0.05) is 173 Å². The fraction of sp³-hybridized carbons (Fsp3) is 0.545. The SMILES string of the molecule is CCCCCCCCCCCCc1c2c(=O)c3cc(Br)ccc3c2c(CCCCCCCCCCCC)c2c(=O)c3cc(Br)ccc3c12. The Kier molecular flexibility index (Phi) is 14.6. The second-order valence-corrected chi connectivity index (χ2v) is 16.2. The van der Waals surface area contributed by atoms with Crippen molar-refractivity contribution in [1.82, 2.24) is 0 Å². The summed E-state index contributed by atoms with van der Waals surface area (Å²) >= 11 is 7.27. The van der Waals surface area contributed by atoms with Gasteiger partial charge in [-0.05, 0) is 82.6 Å². The van der Waals surface area contributed by atoms with Crippen molar-refractivity contribution in [2.75, 3.05) is 0 Å². The number of halogens is 2. The first-order valence-corrected chi connectivity index (χ1v) is 21.0. The van der Waals surface area contributed by atoms with E-state index in [1.807, 2.05) is 24.3 Å². The number of unbranched alkanes of at least 4 members (excludes halogenated alkanes) is 18. The molecule has 5 aromatic carbocycles. The van der Waals surface area contributed by atoms with E-state index in [1.165, 1.54) is 103 Å². The Morgan fingerprint density at radius 1 is 0.396 bits per heavy atom. The molecule has 0 N–H and O–H groups in total. The van der Waals surface area contributed by atoms with Crippen LogP contribution in [0.1, 0.15) is 153 Å². The quantitative estimate of drug-likeness (QED) is 0.0656. The molecule has 0 saturated heterocycles. The van der Waals surface area contributed by atoms with Gasteiger partial charge in [-0.3, -0.25) is 9.59 Å². The summed E-state index contributed by atoms with van der Waals surface area (Å²) < 4.78 is 1.85. The van der Waals surface area contributed by atoms with Gasteiger partial charge in [-0.15, -0.1) is 0 Å². The molecule has 4 heteroatoms. The summed E-state index contributed by atoms with van der Waals surface area (Å²) in [6.07, 6.45) is 27.2. The first kappa shape index (κ1) is 37.2. The lowest BCUT2D eigenvalue weighted by Crippen LogP contribution is -2.05. The van der Waals surface area contributed by atoms with Crippen molar-refractivity contribution in [1.29, 1.82) is 0 Å². The third kappa shape index (κ3) is 8.81.